The standard InChI is InChI=1S/C19H22ClN3O2/c1-2-25-14-9-7-13(8-10-14)12-21-19(24)18-11-17(22-23-18)15-5-3-4-6-16(15)20/h3-10,17-18,22-23H,2,11-12H2,1H3,(H,21,24). The summed E-state index contributed by atoms with van der Waals surface area (Å²) in [6, 6.07) is 15.1. The molecule has 25 heavy (non-hydrogen) atoms. The summed E-state index contributed by atoms with van der Waals surface area (Å²) in [5.41, 5.74) is 8.24. The molecule has 0 saturated carbocycles. The van der Waals surface area contributed by atoms with Gasteiger partial charge in [0.2, 0.25) is 5.91 Å². The topological polar surface area (TPSA) is 62.4 Å². The minimum Gasteiger partial charge on any atom is -0.494 e. The van der Waals surface area contributed by atoms with Crippen molar-refractivity contribution in [2.45, 2.75) is 32.0 Å². The fraction of sp³-hybridized carbons (Fsp3) is 0.316. The number of hydrogen-bond donors (Lipinski definition) is 3. The van der Waals surface area contributed by atoms with Crippen LogP contribution in [0.3, 0.4) is 0 Å². The van der Waals surface area contributed by atoms with Gasteiger partial charge in [0.05, 0.1) is 6.61 Å². The van der Waals surface area contributed by atoms with Crippen molar-refractivity contribution in [1.29, 1.82) is 0 Å². The quantitative estimate of drug-likeness (QED) is 0.742. The molecule has 2 atom stereocenters. The lowest BCUT2D eigenvalue weighted by Crippen LogP contribution is -2.42. The van der Waals surface area contributed by atoms with Crippen LogP contribution in [0.1, 0.15) is 30.5 Å². The van der Waals surface area contributed by atoms with Crippen LogP contribution in [0.4, 0.5) is 0 Å². The summed E-state index contributed by atoms with van der Waals surface area (Å²) in [4.78, 5) is 12.4. The number of hydrazine groups is 1. The van der Waals surface area contributed by atoms with Gasteiger partial charge in [0.15, 0.2) is 0 Å². The van der Waals surface area contributed by atoms with Gasteiger partial charge in [0.25, 0.3) is 0 Å². The van der Waals surface area contributed by atoms with Crippen molar-refractivity contribution >= 4 is 17.5 Å². The predicted octanol–water partition coefficient (Wildman–Crippen LogP) is 2.96. The average molecular weight is 360 g/mol. The number of rotatable bonds is 6. The number of nitrogens with one attached hydrogen (secondary N) is 3. The molecule has 2 aromatic carbocycles. The van der Waals surface area contributed by atoms with Crippen LogP contribution in [0, 0.1) is 0 Å². The van der Waals surface area contributed by atoms with Gasteiger partial charge in [-0.3, -0.25) is 4.79 Å². The van der Waals surface area contributed by atoms with Crippen molar-refractivity contribution in [2.24, 2.45) is 0 Å². The van der Waals surface area contributed by atoms with E-state index in [-0.39, 0.29) is 18.0 Å². The summed E-state index contributed by atoms with van der Waals surface area (Å²) < 4.78 is 5.41. The van der Waals surface area contributed by atoms with E-state index in [1.165, 1.54) is 0 Å². The van der Waals surface area contributed by atoms with E-state index in [1.807, 2.05) is 55.5 Å². The summed E-state index contributed by atoms with van der Waals surface area (Å²) in [6.45, 7) is 3.08. The Bertz CT molecular complexity index is 721. The van der Waals surface area contributed by atoms with Gasteiger partial charge in [-0.25, -0.2) is 10.9 Å². The Kier molecular flexibility index (Phi) is 5.91. The highest BCUT2D eigenvalue weighted by Crippen LogP contribution is 2.28. The summed E-state index contributed by atoms with van der Waals surface area (Å²) >= 11 is 6.23. The second kappa shape index (κ2) is 8.34. The minimum absolute atomic E-state index is 0.0231. The van der Waals surface area contributed by atoms with Crippen LogP contribution in [0.15, 0.2) is 48.5 Å². The fourth-order valence-corrected chi connectivity index (χ4v) is 3.14. The highest BCUT2D eigenvalue weighted by Gasteiger charge is 2.30. The van der Waals surface area contributed by atoms with Crippen LogP contribution in [0.2, 0.25) is 5.02 Å². The van der Waals surface area contributed by atoms with Crippen LogP contribution >= 0.6 is 11.6 Å². The van der Waals surface area contributed by atoms with Crippen LogP contribution in [-0.4, -0.2) is 18.6 Å². The Morgan fingerprint density at radius 2 is 1.96 bits per heavy atom. The number of carbonyl (C=O) groups excluding carboxylic acids is 1. The first kappa shape index (κ1) is 17.7. The van der Waals surface area contributed by atoms with Gasteiger partial charge in [-0.15, -0.1) is 0 Å². The zero-order chi connectivity index (χ0) is 17.6. The summed E-state index contributed by atoms with van der Waals surface area (Å²) in [5, 5.41) is 3.67. The van der Waals surface area contributed by atoms with E-state index in [4.69, 9.17) is 16.3 Å². The molecule has 132 valence electrons. The van der Waals surface area contributed by atoms with Crippen molar-refractivity contribution in [3.63, 3.8) is 0 Å². The van der Waals surface area contributed by atoms with Crippen molar-refractivity contribution in [3.8, 4) is 5.75 Å². The van der Waals surface area contributed by atoms with Gasteiger partial charge in [-0.05, 0) is 42.7 Å². The number of halogens is 1. The Labute approximate surface area is 152 Å². The molecule has 3 rings (SSSR count). The Hall–Kier alpha value is -2.08. The molecule has 1 heterocycles. The second-order valence-electron chi connectivity index (χ2n) is 5.95. The number of hydrogen-bond acceptors (Lipinski definition) is 4. The summed E-state index contributed by atoms with van der Waals surface area (Å²) in [6.07, 6.45) is 0.652. The molecule has 3 N–H and O–H groups in total. The minimum atomic E-state index is -0.288. The van der Waals surface area contributed by atoms with Crippen LogP contribution in [0.5, 0.6) is 5.75 Å². The van der Waals surface area contributed by atoms with E-state index in [0.717, 1.165) is 16.9 Å². The highest BCUT2D eigenvalue weighted by atomic mass is 35.5. The van der Waals surface area contributed by atoms with Gasteiger partial charge in [-0.1, -0.05) is 41.9 Å². The summed E-state index contributed by atoms with van der Waals surface area (Å²) in [5.74, 6) is 0.803. The third-order valence-electron chi connectivity index (χ3n) is 4.20. The largest absolute Gasteiger partial charge is 0.494 e. The molecule has 1 amide bonds. The number of carbonyl (C=O) groups is 1. The Morgan fingerprint density at radius 1 is 1.20 bits per heavy atom. The first-order valence-corrected chi connectivity index (χ1v) is 8.80. The normalized spacial score (nSPS) is 19.6. The van der Waals surface area contributed by atoms with Crippen molar-refractivity contribution in [3.05, 3.63) is 64.7 Å². The molecule has 2 unspecified atom stereocenters. The maximum Gasteiger partial charge on any atom is 0.238 e. The van der Waals surface area contributed by atoms with Gasteiger partial charge < -0.3 is 10.1 Å². The maximum atomic E-state index is 12.4. The van der Waals surface area contributed by atoms with Gasteiger partial charge in [0.1, 0.15) is 11.8 Å². The molecule has 6 heteroatoms. The molecule has 0 aromatic heterocycles. The van der Waals surface area contributed by atoms with Crippen molar-refractivity contribution < 1.29 is 9.53 Å². The number of ether oxygens (including phenoxy) is 1. The molecule has 5 nitrogen and oxygen atoms in total. The SMILES string of the molecule is CCOc1ccc(CNC(=O)C2CC(c3ccccc3Cl)NN2)cc1. The molecular formula is C19H22ClN3O2. The van der Waals surface area contributed by atoms with E-state index < -0.39 is 0 Å². The van der Waals surface area contributed by atoms with Gasteiger partial charge >= 0.3 is 0 Å². The molecule has 0 aliphatic carbocycles. The van der Waals surface area contributed by atoms with E-state index in [0.29, 0.717) is 24.6 Å². The fourth-order valence-electron chi connectivity index (χ4n) is 2.87. The lowest BCUT2D eigenvalue weighted by Gasteiger charge is -2.12. The van der Waals surface area contributed by atoms with E-state index in [9.17, 15) is 4.79 Å². The first-order chi connectivity index (χ1) is 12.2. The molecule has 0 radical (unpaired) electrons. The van der Waals surface area contributed by atoms with Crippen LogP contribution < -0.4 is 20.9 Å². The molecular weight excluding hydrogens is 338 g/mol. The van der Waals surface area contributed by atoms with Crippen molar-refractivity contribution in [2.75, 3.05) is 6.61 Å². The predicted molar refractivity (Wildman–Crippen MR) is 98.3 cm³/mol. The van der Waals surface area contributed by atoms with E-state index in [1.54, 1.807) is 0 Å². The van der Waals surface area contributed by atoms with E-state index >= 15 is 0 Å². The molecule has 1 fully saturated rings. The smallest absolute Gasteiger partial charge is 0.238 e. The highest BCUT2D eigenvalue weighted by molar-refractivity contribution is 6.31. The summed E-state index contributed by atoms with van der Waals surface area (Å²) in [7, 11) is 0. The molecule has 1 aliphatic heterocycles. The lowest BCUT2D eigenvalue weighted by atomic mass is 10.0. The van der Waals surface area contributed by atoms with Crippen molar-refractivity contribution in [1.82, 2.24) is 16.2 Å². The van der Waals surface area contributed by atoms with Gasteiger partial charge in [0, 0.05) is 17.6 Å². The Balaban J connectivity index is 1.51. The Morgan fingerprint density at radius 3 is 2.68 bits per heavy atom. The third-order valence-corrected chi connectivity index (χ3v) is 4.55. The molecule has 1 saturated heterocycles. The zero-order valence-corrected chi connectivity index (χ0v) is 14.8. The zero-order valence-electron chi connectivity index (χ0n) is 14.1. The molecule has 2 aromatic rings. The lowest BCUT2D eigenvalue weighted by molar-refractivity contribution is -0.123. The monoisotopic (exact) mass is 359 g/mol. The molecule has 0 bridgehead atoms. The van der Waals surface area contributed by atoms with E-state index in [2.05, 4.69) is 16.2 Å². The third kappa shape index (κ3) is 4.51. The second-order valence-corrected chi connectivity index (χ2v) is 6.35. The average Bonchev–Trinajstić information content (AvgIpc) is 3.11. The first-order valence-electron chi connectivity index (χ1n) is 8.42. The number of benzene rings is 2. The van der Waals surface area contributed by atoms with Crippen LogP contribution in [0.25, 0.3) is 0 Å². The maximum absolute atomic E-state index is 12.4. The van der Waals surface area contributed by atoms with Gasteiger partial charge in [-0.2, -0.15) is 0 Å². The molecule has 0 spiro atoms. The molecule has 1 aliphatic rings. The number of amides is 1. The van der Waals surface area contributed by atoms with Crippen LogP contribution in [-0.2, 0) is 11.3 Å².